The fourth-order valence-electron chi connectivity index (χ4n) is 2.43. The van der Waals surface area contributed by atoms with Crippen LogP contribution in [0.1, 0.15) is 12.0 Å². The van der Waals surface area contributed by atoms with E-state index in [1.54, 1.807) is 0 Å². The number of hydrogen-bond donors (Lipinski definition) is 2. The maximum Gasteiger partial charge on any atom is 0.0536 e. The molecule has 0 saturated heterocycles. The van der Waals surface area contributed by atoms with Gasteiger partial charge in [-0.25, -0.2) is 0 Å². The van der Waals surface area contributed by atoms with Gasteiger partial charge in [0.25, 0.3) is 0 Å². The summed E-state index contributed by atoms with van der Waals surface area (Å²) in [5, 5.41) is 3.91. The Hall–Kier alpha value is -1.80. The van der Waals surface area contributed by atoms with Crippen LogP contribution in [0.15, 0.2) is 42.6 Å². The summed E-state index contributed by atoms with van der Waals surface area (Å²) in [7, 11) is 0. The number of nitrogens with one attached hydrogen (secondary N) is 1. The van der Waals surface area contributed by atoms with Crippen molar-refractivity contribution in [1.82, 2.24) is 4.98 Å². The Morgan fingerprint density at radius 3 is 2.76 bits per heavy atom. The fraction of sp³-hybridized carbons (Fsp3) is 0.200. The van der Waals surface area contributed by atoms with Crippen molar-refractivity contribution in [2.75, 3.05) is 6.54 Å². The number of aromatic nitrogens is 1. The maximum absolute atomic E-state index is 5.57. The van der Waals surface area contributed by atoms with E-state index in [2.05, 4.69) is 47.6 Å². The predicted molar refractivity (Wildman–Crippen MR) is 73.2 cm³/mol. The molecule has 0 radical (unpaired) electrons. The number of hydrogen-bond acceptors (Lipinski definition) is 1. The van der Waals surface area contributed by atoms with Gasteiger partial charge >= 0.3 is 0 Å². The second-order valence-electron chi connectivity index (χ2n) is 4.42. The van der Waals surface area contributed by atoms with Gasteiger partial charge in [-0.3, -0.25) is 0 Å². The minimum atomic E-state index is 0.750. The molecule has 0 aliphatic carbocycles. The molecule has 2 heteroatoms. The number of H-pyrrole nitrogens is 1. The molecule has 0 saturated carbocycles. The first-order valence-corrected chi connectivity index (χ1v) is 6.08. The highest BCUT2D eigenvalue weighted by Gasteiger charge is 2.05. The summed E-state index contributed by atoms with van der Waals surface area (Å²) in [5.41, 5.74) is 8.19. The van der Waals surface area contributed by atoms with E-state index in [0.29, 0.717) is 0 Å². The van der Waals surface area contributed by atoms with E-state index in [1.165, 1.54) is 27.2 Å². The van der Waals surface area contributed by atoms with Crippen molar-refractivity contribution in [3.05, 3.63) is 48.2 Å². The lowest BCUT2D eigenvalue weighted by atomic mass is 10.0. The first-order chi connectivity index (χ1) is 8.40. The zero-order chi connectivity index (χ0) is 11.7. The summed E-state index contributed by atoms with van der Waals surface area (Å²) in [6.07, 6.45) is 4.21. The summed E-state index contributed by atoms with van der Waals surface area (Å²) >= 11 is 0. The van der Waals surface area contributed by atoms with Crippen molar-refractivity contribution >= 4 is 21.7 Å². The van der Waals surface area contributed by atoms with Gasteiger partial charge in [-0.05, 0) is 30.3 Å². The number of rotatable bonds is 3. The molecule has 1 heterocycles. The Bertz CT molecular complexity index is 652. The maximum atomic E-state index is 5.57. The van der Waals surface area contributed by atoms with Crippen molar-refractivity contribution < 1.29 is 0 Å². The summed E-state index contributed by atoms with van der Waals surface area (Å²) in [6.45, 7) is 0.750. The molecule has 3 rings (SSSR count). The van der Waals surface area contributed by atoms with Crippen LogP contribution in [0, 0.1) is 0 Å². The molecule has 86 valence electrons. The van der Waals surface area contributed by atoms with Crippen LogP contribution in [0.5, 0.6) is 0 Å². The van der Waals surface area contributed by atoms with Gasteiger partial charge in [0.1, 0.15) is 0 Å². The molecular weight excluding hydrogens is 208 g/mol. The van der Waals surface area contributed by atoms with Crippen LogP contribution >= 0.6 is 0 Å². The lowest BCUT2D eigenvalue weighted by molar-refractivity contribution is 0.837. The molecule has 0 amide bonds. The number of fused-ring (bicyclic) bond motifs is 3. The standard InChI is InChI=1S/C15H16N2/c16-9-3-5-12-10-17-15-13-6-2-1-4-11(13)7-8-14(12)15/h1-2,4,6-8,10,17H,3,5,9,16H2. The SMILES string of the molecule is NCCCc1c[nH]c2c1ccc1ccccc12. The van der Waals surface area contributed by atoms with Gasteiger partial charge in [-0.1, -0.05) is 36.4 Å². The normalized spacial score (nSPS) is 11.4. The molecule has 2 aromatic carbocycles. The van der Waals surface area contributed by atoms with Crippen molar-refractivity contribution in [1.29, 1.82) is 0 Å². The van der Waals surface area contributed by atoms with Gasteiger partial charge in [-0.2, -0.15) is 0 Å². The van der Waals surface area contributed by atoms with Crippen molar-refractivity contribution in [3.63, 3.8) is 0 Å². The molecule has 0 atom stereocenters. The highest BCUT2D eigenvalue weighted by atomic mass is 14.7. The molecule has 0 bridgehead atoms. The topological polar surface area (TPSA) is 41.8 Å². The Morgan fingerprint density at radius 1 is 1.00 bits per heavy atom. The van der Waals surface area contributed by atoms with E-state index in [1.807, 2.05) is 0 Å². The first kappa shape index (κ1) is 10.4. The van der Waals surface area contributed by atoms with Gasteiger partial charge in [0, 0.05) is 17.0 Å². The highest BCUT2D eigenvalue weighted by molar-refractivity contribution is 6.06. The zero-order valence-electron chi connectivity index (χ0n) is 9.74. The van der Waals surface area contributed by atoms with Gasteiger partial charge in [0.05, 0.1) is 5.52 Å². The summed E-state index contributed by atoms with van der Waals surface area (Å²) in [4.78, 5) is 3.40. The smallest absolute Gasteiger partial charge is 0.0536 e. The molecule has 0 spiro atoms. The van der Waals surface area contributed by atoms with Crippen molar-refractivity contribution in [2.24, 2.45) is 5.73 Å². The Morgan fingerprint density at radius 2 is 1.88 bits per heavy atom. The third-order valence-corrected chi connectivity index (χ3v) is 3.32. The Labute approximate surface area is 100 Å². The van der Waals surface area contributed by atoms with Crippen molar-refractivity contribution in [2.45, 2.75) is 12.8 Å². The van der Waals surface area contributed by atoms with Crippen LogP contribution in [0.2, 0.25) is 0 Å². The van der Waals surface area contributed by atoms with Gasteiger partial charge in [0.15, 0.2) is 0 Å². The molecule has 0 aliphatic heterocycles. The molecular formula is C15H16N2. The van der Waals surface area contributed by atoms with Crippen molar-refractivity contribution in [3.8, 4) is 0 Å². The number of benzene rings is 2. The van der Waals surface area contributed by atoms with E-state index < -0.39 is 0 Å². The van der Waals surface area contributed by atoms with E-state index in [0.717, 1.165) is 19.4 Å². The van der Waals surface area contributed by atoms with Crippen LogP contribution in [0.4, 0.5) is 0 Å². The predicted octanol–water partition coefficient (Wildman–Crippen LogP) is 3.21. The number of aryl methyl sites for hydroxylation is 1. The third kappa shape index (κ3) is 1.71. The van der Waals surface area contributed by atoms with E-state index in [4.69, 9.17) is 5.73 Å². The number of nitrogens with two attached hydrogens (primary N) is 1. The average molecular weight is 224 g/mol. The average Bonchev–Trinajstić information content (AvgIpc) is 2.80. The molecule has 17 heavy (non-hydrogen) atoms. The Balaban J connectivity index is 2.20. The van der Waals surface area contributed by atoms with Crippen LogP contribution in [0.25, 0.3) is 21.7 Å². The fourth-order valence-corrected chi connectivity index (χ4v) is 2.43. The minimum Gasteiger partial charge on any atom is -0.360 e. The lowest BCUT2D eigenvalue weighted by Gasteiger charge is -2.01. The first-order valence-electron chi connectivity index (χ1n) is 6.08. The molecule has 0 fully saturated rings. The summed E-state index contributed by atoms with van der Waals surface area (Å²) < 4.78 is 0. The molecule has 2 nitrogen and oxygen atoms in total. The third-order valence-electron chi connectivity index (χ3n) is 3.32. The Kier molecular flexibility index (Phi) is 2.57. The van der Waals surface area contributed by atoms with Gasteiger partial charge in [0.2, 0.25) is 0 Å². The highest BCUT2D eigenvalue weighted by Crippen LogP contribution is 2.27. The summed E-state index contributed by atoms with van der Waals surface area (Å²) in [5.74, 6) is 0. The largest absolute Gasteiger partial charge is 0.360 e. The second kappa shape index (κ2) is 4.22. The van der Waals surface area contributed by atoms with Crippen LogP contribution < -0.4 is 5.73 Å². The van der Waals surface area contributed by atoms with Gasteiger partial charge < -0.3 is 10.7 Å². The molecule has 3 aromatic rings. The number of aromatic amines is 1. The van der Waals surface area contributed by atoms with E-state index in [-0.39, 0.29) is 0 Å². The molecule has 1 aromatic heterocycles. The molecule has 0 unspecified atom stereocenters. The molecule has 0 aliphatic rings. The molecule has 3 N–H and O–H groups in total. The lowest BCUT2D eigenvalue weighted by Crippen LogP contribution is -1.99. The van der Waals surface area contributed by atoms with E-state index >= 15 is 0 Å². The zero-order valence-corrected chi connectivity index (χ0v) is 9.74. The summed E-state index contributed by atoms with van der Waals surface area (Å²) in [6, 6.07) is 12.9. The van der Waals surface area contributed by atoms with Crippen LogP contribution in [0.3, 0.4) is 0 Å². The van der Waals surface area contributed by atoms with E-state index in [9.17, 15) is 0 Å². The van der Waals surface area contributed by atoms with Crippen LogP contribution in [-0.2, 0) is 6.42 Å². The second-order valence-corrected chi connectivity index (χ2v) is 4.42. The monoisotopic (exact) mass is 224 g/mol. The minimum absolute atomic E-state index is 0.750. The van der Waals surface area contributed by atoms with Gasteiger partial charge in [-0.15, -0.1) is 0 Å². The quantitative estimate of drug-likeness (QED) is 0.704. The van der Waals surface area contributed by atoms with Crippen LogP contribution in [-0.4, -0.2) is 11.5 Å².